The van der Waals surface area contributed by atoms with Crippen molar-refractivity contribution in [2.45, 2.75) is 42.4 Å². The van der Waals surface area contributed by atoms with E-state index in [-0.39, 0.29) is 5.56 Å². The molecule has 1 saturated carbocycles. The first-order valence-corrected chi connectivity index (χ1v) is 8.50. The summed E-state index contributed by atoms with van der Waals surface area (Å²) in [5.74, 6) is -3.61. The zero-order valence-corrected chi connectivity index (χ0v) is 12.3. The van der Waals surface area contributed by atoms with E-state index in [0.29, 0.717) is 31.9 Å². The number of sulfone groups is 1. The van der Waals surface area contributed by atoms with Gasteiger partial charge in [-0.2, -0.15) is 0 Å². The van der Waals surface area contributed by atoms with E-state index in [9.17, 15) is 27.1 Å². The SMILES string of the molecule is CS(=O)(=O)c1c(F)cc(C2(C(=O)O)CCCCC2)cc1F. The Bertz CT molecular complexity index is 653. The van der Waals surface area contributed by atoms with Crippen LogP contribution in [0.2, 0.25) is 0 Å². The minimum Gasteiger partial charge on any atom is -0.481 e. The summed E-state index contributed by atoms with van der Waals surface area (Å²) < 4.78 is 50.7. The van der Waals surface area contributed by atoms with Crippen molar-refractivity contribution < 1.29 is 27.1 Å². The molecule has 0 spiro atoms. The second kappa shape index (κ2) is 5.36. The minimum absolute atomic E-state index is 0.00269. The summed E-state index contributed by atoms with van der Waals surface area (Å²) in [4.78, 5) is 10.6. The molecule has 1 aromatic carbocycles. The number of benzene rings is 1. The third-order valence-corrected chi connectivity index (χ3v) is 5.17. The second-order valence-electron chi connectivity index (χ2n) is 5.49. The third-order valence-electron chi connectivity index (χ3n) is 4.04. The van der Waals surface area contributed by atoms with E-state index in [0.717, 1.165) is 18.6 Å². The largest absolute Gasteiger partial charge is 0.481 e. The molecule has 0 radical (unpaired) electrons. The molecule has 0 aromatic heterocycles. The Morgan fingerprint density at radius 3 is 2.00 bits per heavy atom. The van der Waals surface area contributed by atoms with Gasteiger partial charge in [0.2, 0.25) is 0 Å². The van der Waals surface area contributed by atoms with Crippen LogP contribution in [0, 0.1) is 11.6 Å². The lowest BCUT2D eigenvalue weighted by atomic mass is 9.69. The molecular weight excluding hydrogens is 302 g/mol. The van der Waals surface area contributed by atoms with E-state index < -0.39 is 37.8 Å². The fraction of sp³-hybridized carbons (Fsp3) is 0.500. The molecule has 116 valence electrons. The number of carboxylic acid groups (broad SMARTS) is 1. The smallest absolute Gasteiger partial charge is 0.314 e. The zero-order valence-electron chi connectivity index (χ0n) is 11.5. The first kappa shape index (κ1) is 15.9. The maximum atomic E-state index is 14.0. The first-order valence-electron chi connectivity index (χ1n) is 6.61. The normalized spacial score (nSPS) is 18.4. The highest BCUT2D eigenvalue weighted by molar-refractivity contribution is 7.90. The lowest BCUT2D eigenvalue weighted by molar-refractivity contribution is -0.145. The van der Waals surface area contributed by atoms with Crippen LogP contribution >= 0.6 is 0 Å². The average molecular weight is 318 g/mol. The number of hydrogen-bond donors (Lipinski definition) is 1. The van der Waals surface area contributed by atoms with Crippen LogP contribution in [0.1, 0.15) is 37.7 Å². The number of carboxylic acids is 1. The summed E-state index contributed by atoms with van der Waals surface area (Å²) >= 11 is 0. The van der Waals surface area contributed by atoms with E-state index in [2.05, 4.69) is 0 Å². The minimum atomic E-state index is -4.05. The second-order valence-corrected chi connectivity index (χ2v) is 7.44. The first-order chi connectivity index (χ1) is 9.68. The van der Waals surface area contributed by atoms with Gasteiger partial charge in [0.1, 0.15) is 16.5 Å². The van der Waals surface area contributed by atoms with Crippen LogP contribution in [0.25, 0.3) is 0 Å². The summed E-state index contributed by atoms with van der Waals surface area (Å²) in [6, 6.07) is 1.69. The molecule has 0 amide bonds. The van der Waals surface area contributed by atoms with Crippen LogP contribution in [-0.2, 0) is 20.0 Å². The summed E-state index contributed by atoms with van der Waals surface area (Å²) in [6.45, 7) is 0. The summed E-state index contributed by atoms with van der Waals surface area (Å²) in [5, 5.41) is 9.49. The van der Waals surface area contributed by atoms with Gasteiger partial charge in [-0.15, -0.1) is 0 Å². The van der Waals surface area contributed by atoms with Crippen molar-refractivity contribution in [3.63, 3.8) is 0 Å². The standard InChI is InChI=1S/C14H16F2O4S/c1-21(19,20)12-10(15)7-9(8-11(12)16)14(13(17)18)5-3-2-4-6-14/h7-8H,2-6H2,1H3,(H,17,18). The van der Waals surface area contributed by atoms with Gasteiger partial charge in [0, 0.05) is 6.26 Å². The summed E-state index contributed by atoms with van der Waals surface area (Å²) in [6.07, 6.45) is 3.48. The van der Waals surface area contributed by atoms with Gasteiger partial charge in [0.15, 0.2) is 9.84 Å². The van der Waals surface area contributed by atoms with E-state index >= 15 is 0 Å². The van der Waals surface area contributed by atoms with Crippen LogP contribution < -0.4 is 0 Å². The Balaban J connectivity index is 2.62. The molecule has 1 aliphatic carbocycles. The van der Waals surface area contributed by atoms with Gasteiger partial charge in [0.05, 0.1) is 5.41 Å². The Morgan fingerprint density at radius 2 is 1.62 bits per heavy atom. The Morgan fingerprint density at radius 1 is 1.14 bits per heavy atom. The maximum Gasteiger partial charge on any atom is 0.314 e. The predicted octanol–water partition coefficient (Wildman–Crippen LogP) is 2.65. The number of hydrogen-bond acceptors (Lipinski definition) is 3. The molecule has 0 saturated heterocycles. The summed E-state index contributed by atoms with van der Waals surface area (Å²) in [5.41, 5.74) is -1.34. The monoisotopic (exact) mass is 318 g/mol. The lowest BCUT2D eigenvalue weighted by Crippen LogP contribution is -2.38. The predicted molar refractivity (Wildman–Crippen MR) is 71.9 cm³/mol. The zero-order chi connectivity index (χ0) is 15.8. The molecule has 4 nitrogen and oxygen atoms in total. The fourth-order valence-electron chi connectivity index (χ4n) is 2.97. The molecule has 0 heterocycles. The molecule has 1 N–H and O–H groups in total. The van der Waals surface area contributed by atoms with Crippen LogP contribution in [0.4, 0.5) is 8.78 Å². The quantitative estimate of drug-likeness (QED) is 0.930. The van der Waals surface area contributed by atoms with Crippen LogP contribution in [-0.4, -0.2) is 25.7 Å². The van der Waals surface area contributed by atoms with Crippen molar-refractivity contribution >= 4 is 15.8 Å². The van der Waals surface area contributed by atoms with Crippen molar-refractivity contribution in [1.29, 1.82) is 0 Å². The lowest BCUT2D eigenvalue weighted by Gasteiger charge is -2.33. The van der Waals surface area contributed by atoms with Gasteiger partial charge in [0.25, 0.3) is 0 Å². The average Bonchev–Trinajstić information content (AvgIpc) is 2.36. The van der Waals surface area contributed by atoms with E-state index in [1.165, 1.54) is 0 Å². The van der Waals surface area contributed by atoms with Gasteiger partial charge in [-0.3, -0.25) is 4.79 Å². The van der Waals surface area contributed by atoms with Gasteiger partial charge in [-0.25, -0.2) is 17.2 Å². The van der Waals surface area contributed by atoms with Crippen molar-refractivity contribution in [2.75, 3.05) is 6.26 Å². The highest BCUT2D eigenvalue weighted by Gasteiger charge is 2.42. The highest BCUT2D eigenvalue weighted by Crippen LogP contribution is 2.41. The molecule has 1 aromatic rings. The van der Waals surface area contributed by atoms with Crippen molar-refractivity contribution in [2.24, 2.45) is 0 Å². The molecule has 1 fully saturated rings. The van der Waals surface area contributed by atoms with E-state index in [1.54, 1.807) is 0 Å². The topological polar surface area (TPSA) is 71.4 Å². The molecule has 1 aliphatic rings. The summed E-state index contributed by atoms with van der Waals surface area (Å²) in [7, 11) is -4.05. The third kappa shape index (κ3) is 2.79. The molecule has 0 aliphatic heterocycles. The molecule has 0 unspecified atom stereocenters. The van der Waals surface area contributed by atoms with Gasteiger partial charge in [-0.05, 0) is 30.5 Å². The Labute approximate surface area is 121 Å². The van der Waals surface area contributed by atoms with Crippen molar-refractivity contribution in [1.82, 2.24) is 0 Å². The molecular formula is C14H16F2O4S. The van der Waals surface area contributed by atoms with Crippen LogP contribution in [0.5, 0.6) is 0 Å². The molecule has 0 bridgehead atoms. The molecule has 0 atom stereocenters. The van der Waals surface area contributed by atoms with E-state index in [1.807, 2.05) is 0 Å². The maximum absolute atomic E-state index is 14.0. The highest BCUT2D eigenvalue weighted by atomic mass is 32.2. The van der Waals surface area contributed by atoms with Gasteiger partial charge >= 0.3 is 5.97 Å². The molecule has 7 heteroatoms. The molecule has 21 heavy (non-hydrogen) atoms. The van der Waals surface area contributed by atoms with Crippen molar-refractivity contribution in [3.05, 3.63) is 29.3 Å². The number of rotatable bonds is 3. The van der Waals surface area contributed by atoms with Gasteiger partial charge in [-0.1, -0.05) is 19.3 Å². The van der Waals surface area contributed by atoms with E-state index in [4.69, 9.17) is 0 Å². The number of halogens is 2. The van der Waals surface area contributed by atoms with Gasteiger partial charge < -0.3 is 5.11 Å². The number of aliphatic carboxylic acids is 1. The number of carbonyl (C=O) groups is 1. The Hall–Kier alpha value is -1.50. The van der Waals surface area contributed by atoms with Crippen LogP contribution in [0.15, 0.2) is 17.0 Å². The molecule has 2 rings (SSSR count). The van der Waals surface area contributed by atoms with Crippen molar-refractivity contribution in [3.8, 4) is 0 Å². The van der Waals surface area contributed by atoms with Crippen LogP contribution in [0.3, 0.4) is 0 Å². The fourth-order valence-corrected chi connectivity index (χ4v) is 3.80. The Kier molecular flexibility index (Phi) is 4.06.